The zero-order chi connectivity index (χ0) is 22.4. The summed E-state index contributed by atoms with van der Waals surface area (Å²) in [6.45, 7) is -0.113. The van der Waals surface area contributed by atoms with Crippen molar-refractivity contribution in [3.05, 3.63) is 65.0 Å². The first-order chi connectivity index (χ1) is 14.7. The predicted octanol–water partition coefficient (Wildman–Crippen LogP) is 4.07. The van der Waals surface area contributed by atoms with E-state index >= 15 is 0 Å². The molecule has 164 valence electrons. The molecule has 1 atom stereocenters. The Morgan fingerprint density at radius 1 is 1.16 bits per heavy atom. The number of nitrogens with one attached hydrogen (secondary N) is 1. The number of ether oxygens (including phenoxy) is 1. The van der Waals surface area contributed by atoms with E-state index in [1.165, 1.54) is 12.1 Å². The molecule has 3 aromatic rings. The van der Waals surface area contributed by atoms with Crippen LogP contribution in [0.5, 0.6) is 5.75 Å². The molecule has 0 saturated carbocycles. The maximum atomic E-state index is 12.2. The van der Waals surface area contributed by atoms with Crippen molar-refractivity contribution in [1.82, 2.24) is 15.5 Å². The number of aliphatic hydroxyl groups is 1. The summed E-state index contributed by atoms with van der Waals surface area (Å²) in [4.78, 5) is 16.2. The fraction of sp³-hybridized carbons (Fsp3) is 0.250. The highest BCUT2D eigenvalue weighted by atomic mass is 35.5. The number of hydrogen-bond donors (Lipinski definition) is 2. The Balaban J connectivity index is 1.44. The third kappa shape index (κ3) is 6.97. The van der Waals surface area contributed by atoms with Crippen LogP contribution in [0.25, 0.3) is 11.4 Å². The maximum absolute atomic E-state index is 12.2. The Labute approximate surface area is 179 Å². The first kappa shape index (κ1) is 22.6. The number of amides is 1. The standard InChI is InChI=1S/C20H17ClF3N3O4/c21-14-5-1-13(2-6-14)19-26-18(31-27-19)10-9-17(29)25-11-16(28)12-3-7-15(8-4-12)30-20(22,23)24/h1-8,16,28H,9-11H2,(H,25,29). The van der Waals surface area contributed by atoms with Gasteiger partial charge in [-0.05, 0) is 42.0 Å². The van der Waals surface area contributed by atoms with Crippen molar-refractivity contribution in [3.8, 4) is 17.1 Å². The number of aromatic nitrogens is 2. The Kier molecular flexibility index (Phi) is 7.13. The lowest BCUT2D eigenvalue weighted by Gasteiger charge is -2.13. The van der Waals surface area contributed by atoms with E-state index < -0.39 is 18.2 Å². The van der Waals surface area contributed by atoms with E-state index in [2.05, 4.69) is 20.2 Å². The molecule has 2 aromatic carbocycles. The van der Waals surface area contributed by atoms with Gasteiger partial charge in [0.1, 0.15) is 5.75 Å². The van der Waals surface area contributed by atoms with Crippen molar-refractivity contribution < 1.29 is 32.3 Å². The molecule has 3 rings (SSSR count). The summed E-state index contributed by atoms with van der Waals surface area (Å²) in [5.74, 6) is -0.103. The number of carbonyl (C=O) groups is 1. The summed E-state index contributed by atoms with van der Waals surface area (Å²) in [7, 11) is 0. The molecule has 1 heterocycles. The molecule has 31 heavy (non-hydrogen) atoms. The SMILES string of the molecule is O=C(CCc1nc(-c2ccc(Cl)cc2)no1)NCC(O)c1ccc(OC(F)(F)F)cc1. The van der Waals surface area contributed by atoms with Crippen molar-refractivity contribution >= 4 is 17.5 Å². The summed E-state index contributed by atoms with van der Waals surface area (Å²) in [6, 6.07) is 11.6. The summed E-state index contributed by atoms with van der Waals surface area (Å²) < 4.78 is 45.4. The van der Waals surface area contributed by atoms with Gasteiger partial charge in [-0.1, -0.05) is 28.9 Å². The molecule has 1 amide bonds. The zero-order valence-corrected chi connectivity index (χ0v) is 16.7. The minimum Gasteiger partial charge on any atom is -0.406 e. The third-order valence-corrected chi connectivity index (χ3v) is 4.38. The molecular weight excluding hydrogens is 439 g/mol. The molecule has 0 aliphatic rings. The molecule has 0 saturated heterocycles. The van der Waals surface area contributed by atoms with Crippen LogP contribution in [0.4, 0.5) is 13.2 Å². The summed E-state index contributed by atoms with van der Waals surface area (Å²) >= 11 is 5.84. The van der Waals surface area contributed by atoms with Gasteiger partial charge in [-0.3, -0.25) is 4.79 Å². The van der Waals surface area contributed by atoms with Crippen LogP contribution in [0.1, 0.15) is 24.0 Å². The van der Waals surface area contributed by atoms with Crippen molar-refractivity contribution in [2.45, 2.75) is 25.3 Å². The quantitative estimate of drug-likeness (QED) is 0.531. The van der Waals surface area contributed by atoms with Gasteiger partial charge in [-0.15, -0.1) is 13.2 Å². The van der Waals surface area contributed by atoms with E-state index in [0.29, 0.717) is 16.4 Å². The lowest BCUT2D eigenvalue weighted by molar-refractivity contribution is -0.274. The highest BCUT2D eigenvalue weighted by Gasteiger charge is 2.31. The number of alkyl halides is 3. The summed E-state index contributed by atoms with van der Waals surface area (Å²) in [5, 5.41) is 17.1. The highest BCUT2D eigenvalue weighted by Crippen LogP contribution is 2.24. The van der Waals surface area contributed by atoms with Gasteiger partial charge in [-0.2, -0.15) is 4.98 Å². The number of hydrogen-bond acceptors (Lipinski definition) is 6. The van der Waals surface area contributed by atoms with Gasteiger partial charge in [0.2, 0.25) is 17.6 Å². The smallest absolute Gasteiger partial charge is 0.406 e. The molecule has 0 aliphatic carbocycles. The monoisotopic (exact) mass is 455 g/mol. The topological polar surface area (TPSA) is 97.5 Å². The lowest BCUT2D eigenvalue weighted by Crippen LogP contribution is -2.28. The summed E-state index contributed by atoms with van der Waals surface area (Å²) in [6.07, 6.45) is -5.63. The van der Waals surface area contributed by atoms with Crippen LogP contribution < -0.4 is 10.1 Å². The van der Waals surface area contributed by atoms with Crippen molar-refractivity contribution in [2.75, 3.05) is 6.54 Å². The average Bonchev–Trinajstić information content (AvgIpc) is 3.19. The number of halogens is 4. The number of aliphatic hydroxyl groups excluding tert-OH is 1. The number of nitrogens with zero attached hydrogens (tertiary/aromatic N) is 2. The second kappa shape index (κ2) is 9.80. The molecular formula is C20H17ClF3N3O4. The van der Waals surface area contributed by atoms with Crippen molar-refractivity contribution in [3.63, 3.8) is 0 Å². The Morgan fingerprint density at radius 2 is 1.84 bits per heavy atom. The van der Waals surface area contributed by atoms with Crippen LogP contribution >= 0.6 is 11.6 Å². The summed E-state index contributed by atoms with van der Waals surface area (Å²) in [5.41, 5.74) is 1.05. The predicted molar refractivity (Wildman–Crippen MR) is 104 cm³/mol. The van der Waals surface area contributed by atoms with Crippen LogP contribution in [-0.2, 0) is 11.2 Å². The Morgan fingerprint density at radius 3 is 2.48 bits per heavy atom. The van der Waals surface area contributed by atoms with Gasteiger partial charge in [0, 0.05) is 30.0 Å². The van der Waals surface area contributed by atoms with E-state index in [-0.39, 0.29) is 31.2 Å². The molecule has 7 nitrogen and oxygen atoms in total. The number of benzene rings is 2. The molecule has 1 unspecified atom stereocenters. The maximum Gasteiger partial charge on any atom is 0.573 e. The molecule has 1 aromatic heterocycles. The van der Waals surface area contributed by atoms with E-state index in [0.717, 1.165) is 17.7 Å². The van der Waals surface area contributed by atoms with Gasteiger partial charge >= 0.3 is 6.36 Å². The molecule has 0 aliphatic heterocycles. The molecule has 0 spiro atoms. The second-order valence-electron chi connectivity index (χ2n) is 6.46. The first-order valence-electron chi connectivity index (χ1n) is 9.08. The average molecular weight is 456 g/mol. The Bertz CT molecular complexity index is 1010. The second-order valence-corrected chi connectivity index (χ2v) is 6.89. The van der Waals surface area contributed by atoms with Crippen LogP contribution in [0, 0.1) is 0 Å². The normalized spacial score (nSPS) is 12.4. The van der Waals surface area contributed by atoms with E-state index in [4.69, 9.17) is 16.1 Å². The van der Waals surface area contributed by atoms with E-state index in [9.17, 15) is 23.1 Å². The van der Waals surface area contributed by atoms with Gasteiger partial charge in [0.05, 0.1) is 6.10 Å². The van der Waals surface area contributed by atoms with Crippen LogP contribution in [0.2, 0.25) is 5.02 Å². The molecule has 0 bridgehead atoms. The van der Waals surface area contributed by atoms with E-state index in [1.54, 1.807) is 24.3 Å². The lowest BCUT2D eigenvalue weighted by atomic mass is 10.1. The van der Waals surface area contributed by atoms with Gasteiger partial charge < -0.3 is 19.7 Å². The third-order valence-electron chi connectivity index (χ3n) is 4.13. The number of aryl methyl sites for hydroxylation is 1. The molecule has 0 fully saturated rings. The minimum absolute atomic E-state index is 0.0489. The van der Waals surface area contributed by atoms with E-state index in [1.807, 2.05) is 0 Å². The van der Waals surface area contributed by atoms with Gasteiger partial charge in [0.15, 0.2) is 0 Å². The largest absolute Gasteiger partial charge is 0.573 e. The fourth-order valence-corrected chi connectivity index (χ4v) is 2.73. The number of carbonyl (C=O) groups excluding carboxylic acids is 1. The van der Waals surface area contributed by atoms with Crippen molar-refractivity contribution in [2.24, 2.45) is 0 Å². The van der Waals surface area contributed by atoms with Crippen LogP contribution in [-0.4, -0.2) is 34.1 Å². The van der Waals surface area contributed by atoms with Crippen LogP contribution in [0.3, 0.4) is 0 Å². The first-order valence-corrected chi connectivity index (χ1v) is 9.46. The fourth-order valence-electron chi connectivity index (χ4n) is 2.60. The molecule has 2 N–H and O–H groups in total. The Hall–Kier alpha value is -3.11. The van der Waals surface area contributed by atoms with Gasteiger partial charge in [0.25, 0.3) is 0 Å². The van der Waals surface area contributed by atoms with Crippen LogP contribution in [0.15, 0.2) is 53.1 Å². The van der Waals surface area contributed by atoms with Gasteiger partial charge in [-0.25, -0.2) is 0 Å². The molecule has 0 radical (unpaired) electrons. The number of rotatable bonds is 8. The minimum atomic E-state index is -4.79. The zero-order valence-electron chi connectivity index (χ0n) is 15.9. The highest BCUT2D eigenvalue weighted by molar-refractivity contribution is 6.30. The van der Waals surface area contributed by atoms with Crippen molar-refractivity contribution in [1.29, 1.82) is 0 Å². The molecule has 11 heteroatoms.